The second-order valence-corrected chi connectivity index (χ2v) is 6.68. The number of halogens is 1. The Morgan fingerprint density at radius 2 is 1.96 bits per heavy atom. The van der Waals surface area contributed by atoms with E-state index in [9.17, 15) is 4.79 Å². The quantitative estimate of drug-likeness (QED) is 0.819. The number of aromatic nitrogens is 2. The summed E-state index contributed by atoms with van der Waals surface area (Å²) in [7, 11) is 0. The molecule has 0 fully saturated rings. The van der Waals surface area contributed by atoms with Crippen molar-refractivity contribution in [1.82, 2.24) is 15.3 Å². The number of nitrogens with one attached hydrogen (secondary N) is 2. The number of benzene rings is 1. The first-order valence-corrected chi connectivity index (χ1v) is 8.40. The molecule has 0 saturated heterocycles. The Hall–Kier alpha value is -2.14. The molecule has 2 N–H and O–H groups in total. The number of aryl methyl sites for hydroxylation is 2. The van der Waals surface area contributed by atoms with Crippen molar-refractivity contribution in [3.8, 4) is 0 Å². The van der Waals surface area contributed by atoms with Gasteiger partial charge in [0.15, 0.2) is 0 Å². The lowest BCUT2D eigenvalue weighted by atomic mass is 10.1. The highest BCUT2D eigenvalue weighted by Crippen LogP contribution is 2.22. The Kier molecular flexibility index (Phi) is 6.15. The average Bonchev–Trinajstić information content (AvgIpc) is 2.49. The van der Waals surface area contributed by atoms with Gasteiger partial charge in [0.25, 0.3) is 5.91 Å². The summed E-state index contributed by atoms with van der Waals surface area (Å²) in [4.78, 5) is 20.9. The van der Waals surface area contributed by atoms with E-state index in [1.54, 1.807) is 12.1 Å². The fraction of sp³-hybridized carbons (Fsp3) is 0.389. The summed E-state index contributed by atoms with van der Waals surface area (Å²) in [6.45, 7) is 8.67. The normalized spacial score (nSPS) is 10.8. The third kappa shape index (κ3) is 5.20. The lowest BCUT2D eigenvalue weighted by Crippen LogP contribution is -2.26. The monoisotopic (exact) mass is 346 g/mol. The van der Waals surface area contributed by atoms with Crippen molar-refractivity contribution < 1.29 is 4.79 Å². The first kappa shape index (κ1) is 18.2. The lowest BCUT2D eigenvalue weighted by Gasteiger charge is -2.11. The first-order chi connectivity index (χ1) is 11.3. The van der Waals surface area contributed by atoms with E-state index >= 15 is 0 Å². The molecule has 0 saturated carbocycles. The Morgan fingerprint density at radius 3 is 2.62 bits per heavy atom. The molecule has 6 heteroatoms. The average molecular weight is 347 g/mol. The van der Waals surface area contributed by atoms with Crippen LogP contribution >= 0.6 is 11.6 Å². The lowest BCUT2D eigenvalue weighted by molar-refractivity contribution is 0.0947. The van der Waals surface area contributed by atoms with Crippen molar-refractivity contribution in [3.05, 3.63) is 46.2 Å². The number of carbonyl (C=O) groups excluding carboxylic acids is 1. The molecule has 5 nitrogen and oxygen atoms in total. The SMILES string of the molecule is Cc1cc(C(=O)NCCC(C)C)nc(Nc2ccc(Cl)cc2C)n1. The van der Waals surface area contributed by atoms with Crippen molar-refractivity contribution in [2.45, 2.75) is 34.1 Å². The number of rotatable bonds is 6. The van der Waals surface area contributed by atoms with E-state index in [1.807, 2.05) is 26.0 Å². The van der Waals surface area contributed by atoms with Crippen LogP contribution in [0.2, 0.25) is 5.02 Å². The molecule has 1 amide bonds. The standard InChI is InChI=1S/C18H23ClN4O/c1-11(2)7-8-20-17(24)16-10-13(4)21-18(23-16)22-15-6-5-14(19)9-12(15)3/h5-6,9-11H,7-8H2,1-4H3,(H,20,24)(H,21,22,23). The number of nitrogens with zero attached hydrogens (tertiary/aromatic N) is 2. The maximum atomic E-state index is 12.2. The molecule has 128 valence electrons. The molecule has 2 aromatic rings. The van der Waals surface area contributed by atoms with E-state index in [0.717, 1.165) is 23.4 Å². The summed E-state index contributed by atoms with van der Waals surface area (Å²) in [6.07, 6.45) is 0.935. The number of hydrogen-bond donors (Lipinski definition) is 2. The molecular formula is C18H23ClN4O. The maximum Gasteiger partial charge on any atom is 0.270 e. The minimum Gasteiger partial charge on any atom is -0.351 e. The number of carbonyl (C=O) groups is 1. The molecule has 0 radical (unpaired) electrons. The van der Waals surface area contributed by atoms with E-state index in [-0.39, 0.29) is 5.91 Å². The van der Waals surface area contributed by atoms with Crippen LogP contribution in [0.5, 0.6) is 0 Å². The van der Waals surface area contributed by atoms with E-state index in [4.69, 9.17) is 11.6 Å². The summed E-state index contributed by atoms with van der Waals surface area (Å²) >= 11 is 5.97. The summed E-state index contributed by atoms with van der Waals surface area (Å²) in [5.74, 6) is 0.758. The van der Waals surface area contributed by atoms with E-state index in [1.165, 1.54) is 0 Å². The first-order valence-electron chi connectivity index (χ1n) is 8.02. The van der Waals surface area contributed by atoms with Gasteiger partial charge in [0, 0.05) is 22.9 Å². The third-order valence-electron chi connectivity index (χ3n) is 3.53. The molecule has 0 aliphatic rings. The number of anilines is 2. The number of amides is 1. The van der Waals surface area contributed by atoms with Gasteiger partial charge < -0.3 is 10.6 Å². The summed E-state index contributed by atoms with van der Waals surface area (Å²) in [5, 5.41) is 6.72. The van der Waals surface area contributed by atoms with Gasteiger partial charge in [-0.15, -0.1) is 0 Å². The van der Waals surface area contributed by atoms with Gasteiger partial charge >= 0.3 is 0 Å². The zero-order valence-electron chi connectivity index (χ0n) is 14.5. The second-order valence-electron chi connectivity index (χ2n) is 6.24. The largest absolute Gasteiger partial charge is 0.351 e. The van der Waals surface area contributed by atoms with Crippen LogP contribution < -0.4 is 10.6 Å². The van der Waals surface area contributed by atoms with E-state index in [2.05, 4.69) is 34.4 Å². The molecule has 0 bridgehead atoms. The van der Waals surface area contributed by atoms with Crippen LogP contribution in [0.1, 0.15) is 42.0 Å². The van der Waals surface area contributed by atoms with Crippen LogP contribution in [0.25, 0.3) is 0 Å². The van der Waals surface area contributed by atoms with E-state index < -0.39 is 0 Å². The highest BCUT2D eigenvalue weighted by atomic mass is 35.5. The van der Waals surface area contributed by atoms with Gasteiger partial charge in [0.05, 0.1) is 0 Å². The Labute approximate surface area is 147 Å². The fourth-order valence-corrected chi connectivity index (χ4v) is 2.42. The van der Waals surface area contributed by atoms with Crippen molar-refractivity contribution in [1.29, 1.82) is 0 Å². The Bertz CT molecular complexity index is 731. The van der Waals surface area contributed by atoms with Crippen LogP contribution in [0.15, 0.2) is 24.3 Å². The molecule has 0 spiro atoms. The van der Waals surface area contributed by atoms with Gasteiger partial charge in [-0.1, -0.05) is 25.4 Å². The highest BCUT2D eigenvalue weighted by Gasteiger charge is 2.11. The highest BCUT2D eigenvalue weighted by molar-refractivity contribution is 6.30. The van der Waals surface area contributed by atoms with Crippen LogP contribution in [-0.4, -0.2) is 22.4 Å². The van der Waals surface area contributed by atoms with Gasteiger partial charge in [-0.2, -0.15) is 0 Å². The Balaban J connectivity index is 2.14. The van der Waals surface area contributed by atoms with Crippen molar-refractivity contribution >= 4 is 29.1 Å². The van der Waals surface area contributed by atoms with Crippen LogP contribution in [0.4, 0.5) is 11.6 Å². The molecule has 0 atom stereocenters. The van der Waals surface area contributed by atoms with Crippen LogP contribution in [0.3, 0.4) is 0 Å². The molecule has 0 aliphatic carbocycles. The predicted molar refractivity (Wildman–Crippen MR) is 98.0 cm³/mol. The van der Waals surface area contributed by atoms with Gasteiger partial charge in [0.2, 0.25) is 5.95 Å². The van der Waals surface area contributed by atoms with Crippen molar-refractivity contribution in [3.63, 3.8) is 0 Å². The minimum atomic E-state index is -0.183. The second kappa shape index (κ2) is 8.11. The zero-order chi connectivity index (χ0) is 17.7. The molecule has 1 aromatic heterocycles. The molecule has 2 rings (SSSR count). The molecule has 24 heavy (non-hydrogen) atoms. The fourth-order valence-electron chi connectivity index (χ4n) is 2.19. The molecular weight excluding hydrogens is 324 g/mol. The van der Waals surface area contributed by atoms with E-state index in [0.29, 0.717) is 29.1 Å². The van der Waals surface area contributed by atoms with Gasteiger partial charge in [-0.25, -0.2) is 9.97 Å². The maximum absolute atomic E-state index is 12.2. The minimum absolute atomic E-state index is 0.183. The predicted octanol–water partition coefficient (Wildman–Crippen LogP) is 4.27. The van der Waals surface area contributed by atoms with Crippen LogP contribution in [-0.2, 0) is 0 Å². The Morgan fingerprint density at radius 1 is 1.21 bits per heavy atom. The molecule has 1 aromatic carbocycles. The van der Waals surface area contributed by atoms with Gasteiger partial charge in [0.1, 0.15) is 5.69 Å². The number of hydrogen-bond acceptors (Lipinski definition) is 4. The molecule has 0 aliphatic heterocycles. The molecule has 0 unspecified atom stereocenters. The van der Waals surface area contributed by atoms with Gasteiger partial charge in [-0.05, 0) is 56.0 Å². The smallest absolute Gasteiger partial charge is 0.270 e. The topological polar surface area (TPSA) is 66.9 Å². The summed E-state index contributed by atoms with van der Waals surface area (Å²) in [5.41, 5.74) is 2.93. The van der Waals surface area contributed by atoms with Crippen molar-refractivity contribution in [2.24, 2.45) is 5.92 Å². The zero-order valence-corrected chi connectivity index (χ0v) is 15.2. The van der Waals surface area contributed by atoms with Gasteiger partial charge in [-0.3, -0.25) is 4.79 Å². The summed E-state index contributed by atoms with van der Waals surface area (Å²) in [6, 6.07) is 7.21. The molecule has 1 heterocycles. The third-order valence-corrected chi connectivity index (χ3v) is 3.76. The summed E-state index contributed by atoms with van der Waals surface area (Å²) < 4.78 is 0. The van der Waals surface area contributed by atoms with Crippen LogP contribution in [0, 0.1) is 19.8 Å². The van der Waals surface area contributed by atoms with Crippen molar-refractivity contribution in [2.75, 3.05) is 11.9 Å².